The van der Waals surface area contributed by atoms with E-state index in [2.05, 4.69) is 15.5 Å². The zero-order valence-corrected chi connectivity index (χ0v) is 13.2. The molecule has 2 aromatic carbocycles. The Labute approximate surface area is 140 Å². The molecule has 2 N–H and O–H groups in total. The Morgan fingerprint density at radius 2 is 1.75 bits per heavy atom. The fourth-order valence-corrected chi connectivity index (χ4v) is 2.31. The second-order valence-electron chi connectivity index (χ2n) is 5.38. The molecule has 0 saturated carbocycles. The number of H-pyrrole nitrogens is 1. The van der Waals surface area contributed by atoms with Gasteiger partial charge in [-0.05, 0) is 55.3 Å². The Balaban J connectivity index is 1.46. The maximum atomic E-state index is 12.1. The summed E-state index contributed by atoms with van der Waals surface area (Å²) in [6.07, 6.45) is 3.46. The van der Waals surface area contributed by atoms with Crippen molar-refractivity contribution in [1.82, 2.24) is 15.5 Å². The first-order valence-electron chi connectivity index (χ1n) is 7.91. The van der Waals surface area contributed by atoms with Gasteiger partial charge in [-0.1, -0.05) is 18.2 Å². The van der Waals surface area contributed by atoms with Gasteiger partial charge >= 0.3 is 0 Å². The first kappa shape index (κ1) is 15.8. The molecule has 0 radical (unpaired) electrons. The molecule has 5 heteroatoms. The van der Waals surface area contributed by atoms with Crippen molar-refractivity contribution in [3.63, 3.8) is 0 Å². The molecule has 3 rings (SSSR count). The predicted octanol–water partition coefficient (Wildman–Crippen LogP) is 3.56. The Bertz CT molecular complexity index is 753. The summed E-state index contributed by atoms with van der Waals surface area (Å²) < 4.78 is 5.71. The average Bonchev–Trinajstić information content (AvgIpc) is 3.13. The van der Waals surface area contributed by atoms with Gasteiger partial charge in [0.15, 0.2) is 0 Å². The number of hydrogen-bond acceptors (Lipinski definition) is 3. The number of aromatic amines is 1. The molecule has 0 saturated heterocycles. The number of aromatic nitrogens is 2. The van der Waals surface area contributed by atoms with Gasteiger partial charge in [0, 0.05) is 24.0 Å². The number of para-hydroxylation sites is 1. The Morgan fingerprint density at radius 1 is 1.00 bits per heavy atom. The molecule has 0 fully saturated rings. The molecule has 0 aliphatic heterocycles. The van der Waals surface area contributed by atoms with Crippen molar-refractivity contribution < 1.29 is 9.53 Å². The van der Waals surface area contributed by atoms with E-state index < -0.39 is 0 Å². The second-order valence-corrected chi connectivity index (χ2v) is 5.38. The minimum absolute atomic E-state index is 0.0779. The summed E-state index contributed by atoms with van der Waals surface area (Å²) in [5, 5.41) is 9.72. The summed E-state index contributed by atoms with van der Waals surface area (Å²) in [6.45, 7) is 0.625. The van der Waals surface area contributed by atoms with Crippen LogP contribution in [0.4, 0.5) is 0 Å². The van der Waals surface area contributed by atoms with E-state index in [1.165, 1.54) is 0 Å². The topological polar surface area (TPSA) is 67.0 Å². The van der Waals surface area contributed by atoms with Gasteiger partial charge < -0.3 is 10.1 Å². The summed E-state index contributed by atoms with van der Waals surface area (Å²) in [4.78, 5) is 12.1. The Hall–Kier alpha value is -3.08. The highest BCUT2D eigenvalue weighted by Gasteiger charge is 2.05. The van der Waals surface area contributed by atoms with Crippen molar-refractivity contribution in [1.29, 1.82) is 0 Å². The van der Waals surface area contributed by atoms with Crippen LogP contribution in [-0.4, -0.2) is 22.6 Å². The van der Waals surface area contributed by atoms with E-state index in [4.69, 9.17) is 4.74 Å². The standard InChI is InChI=1S/C19H19N3O2/c23-19(20-13-4-5-16-12-14-21-22-16)15-8-10-18(11-9-15)24-17-6-2-1-3-7-17/h1-3,6-12,14H,4-5,13H2,(H,20,23)(H,21,22). The fraction of sp³-hybridized carbons (Fsp3) is 0.158. The lowest BCUT2D eigenvalue weighted by Gasteiger charge is -2.07. The maximum absolute atomic E-state index is 12.1. The van der Waals surface area contributed by atoms with E-state index >= 15 is 0 Å². The Morgan fingerprint density at radius 3 is 2.46 bits per heavy atom. The number of carbonyl (C=O) groups excluding carboxylic acids is 1. The van der Waals surface area contributed by atoms with Crippen LogP contribution in [0.2, 0.25) is 0 Å². The molecule has 0 spiro atoms. The molecular formula is C19H19N3O2. The second kappa shape index (κ2) is 7.97. The molecule has 24 heavy (non-hydrogen) atoms. The maximum Gasteiger partial charge on any atom is 0.251 e. The third-order valence-corrected chi connectivity index (χ3v) is 3.56. The number of rotatable bonds is 7. The van der Waals surface area contributed by atoms with Crippen LogP contribution in [0.3, 0.4) is 0 Å². The lowest BCUT2D eigenvalue weighted by molar-refractivity contribution is 0.0953. The lowest BCUT2D eigenvalue weighted by atomic mass is 10.2. The first-order valence-corrected chi connectivity index (χ1v) is 7.91. The quantitative estimate of drug-likeness (QED) is 0.654. The third kappa shape index (κ3) is 4.46. The van der Waals surface area contributed by atoms with Gasteiger partial charge in [-0.25, -0.2) is 0 Å². The number of benzene rings is 2. The van der Waals surface area contributed by atoms with Gasteiger partial charge in [-0.3, -0.25) is 9.89 Å². The van der Waals surface area contributed by atoms with Crippen LogP contribution >= 0.6 is 0 Å². The highest BCUT2D eigenvalue weighted by molar-refractivity contribution is 5.94. The van der Waals surface area contributed by atoms with E-state index in [9.17, 15) is 4.79 Å². The zero-order valence-electron chi connectivity index (χ0n) is 13.2. The summed E-state index contributed by atoms with van der Waals surface area (Å²) in [7, 11) is 0. The van der Waals surface area contributed by atoms with Gasteiger partial charge in [0.2, 0.25) is 0 Å². The number of nitrogens with one attached hydrogen (secondary N) is 2. The minimum Gasteiger partial charge on any atom is -0.457 e. The molecule has 0 unspecified atom stereocenters. The number of amides is 1. The van der Waals surface area contributed by atoms with Gasteiger partial charge in [0.25, 0.3) is 5.91 Å². The van der Waals surface area contributed by atoms with Crippen molar-refractivity contribution in [2.75, 3.05) is 6.54 Å². The zero-order chi connectivity index (χ0) is 16.6. The molecule has 1 amide bonds. The monoisotopic (exact) mass is 321 g/mol. The van der Waals surface area contributed by atoms with Crippen molar-refractivity contribution in [3.8, 4) is 11.5 Å². The number of ether oxygens (including phenoxy) is 1. The highest BCUT2D eigenvalue weighted by Crippen LogP contribution is 2.21. The average molecular weight is 321 g/mol. The third-order valence-electron chi connectivity index (χ3n) is 3.56. The van der Waals surface area contributed by atoms with Crippen molar-refractivity contribution >= 4 is 5.91 Å². The Kier molecular flexibility index (Phi) is 5.24. The van der Waals surface area contributed by atoms with Crippen LogP contribution in [0, 0.1) is 0 Å². The number of aryl methyl sites for hydroxylation is 1. The summed E-state index contributed by atoms with van der Waals surface area (Å²) in [5.74, 6) is 1.40. The molecule has 122 valence electrons. The molecule has 1 heterocycles. The number of carbonyl (C=O) groups is 1. The fourth-order valence-electron chi connectivity index (χ4n) is 2.31. The van der Waals surface area contributed by atoms with Crippen LogP contribution in [0.1, 0.15) is 22.5 Å². The van der Waals surface area contributed by atoms with E-state index in [0.717, 1.165) is 24.3 Å². The smallest absolute Gasteiger partial charge is 0.251 e. The molecule has 3 aromatic rings. The predicted molar refractivity (Wildman–Crippen MR) is 92.2 cm³/mol. The van der Waals surface area contributed by atoms with E-state index in [-0.39, 0.29) is 5.91 Å². The van der Waals surface area contributed by atoms with Crippen LogP contribution in [-0.2, 0) is 6.42 Å². The van der Waals surface area contributed by atoms with E-state index in [0.29, 0.717) is 17.9 Å². The van der Waals surface area contributed by atoms with Crippen molar-refractivity contribution in [2.45, 2.75) is 12.8 Å². The molecule has 0 aliphatic carbocycles. The van der Waals surface area contributed by atoms with Gasteiger partial charge in [-0.2, -0.15) is 5.10 Å². The highest BCUT2D eigenvalue weighted by atomic mass is 16.5. The molecule has 0 bridgehead atoms. The van der Waals surface area contributed by atoms with E-state index in [1.807, 2.05) is 36.4 Å². The number of nitrogens with zero attached hydrogens (tertiary/aromatic N) is 1. The normalized spacial score (nSPS) is 10.3. The van der Waals surface area contributed by atoms with Gasteiger partial charge in [0.05, 0.1) is 0 Å². The van der Waals surface area contributed by atoms with E-state index in [1.54, 1.807) is 30.5 Å². The van der Waals surface area contributed by atoms with Crippen LogP contribution in [0.25, 0.3) is 0 Å². The van der Waals surface area contributed by atoms with Crippen molar-refractivity contribution in [2.24, 2.45) is 0 Å². The summed E-state index contributed by atoms with van der Waals surface area (Å²) in [6, 6.07) is 18.6. The number of hydrogen-bond donors (Lipinski definition) is 2. The molecule has 0 atom stereocenters. The molecular weight excluding hydrogens is 302 g/mol. The summed E-state index contributed by atoms with van der Waals surface area (Å²) >= 11 is 0. The molecule has 0 aliphatic rings. The SMILES string of the molecule is O=C(NCCCc1ccn[nH]1)c1ccc(Oc2ccccc2)cc1. The largest absolute Gasteiger partial charge is 0.457 e. The lowest BCUT2D eigenvalue weighted by Crippen LogP contribution is -2.24. The minimum atomic E-state index is -0.0779. The first-order chi connectivity index (χ1) is 11.8. The van der Waals surface area contributed by atoms with Gasteiger partial charge in [-0.15, -0.1) is 0 Å². The summed E-state index contributed by atoms with van der Waals surface area (Å²) in [5.41, 5.74) is 1.70. The molecule has 1 aromatic heterocycles. The van der Waals surface area contributed by atoms with Crippen LogP contribution in [0.5, 0.6) is 11.5 Å². The van der Waals surface area contributed by atoms with Crippen LogP contribution in [0.15, 0.2) is 66.9 Å². The van der Waals surface area contributed by atoms with Crippen LogP contribution < -0.4 is 10.1 Å². The van der Waals surface area contributed by atoms with Gasteiger partial charge in [0.1, 0.15) is 11.5 Å². The van der Waals surface area contributed by atoms with Crippen molar-refractivity contribution in [3.05, 3.63) is 78.1 Å². The molecule has 5 nitrogen and oxygen atoms in total.